The first kappa shape index (κ1) is 23.2. The highest BCUT2D eigenvalue weighted by Gasteiger charge is 1.72. The van der Waals surface area contributed by atoms with Gasteiger partial charge >= 0.3 is 0 Å². The molecule has 3 nitrogen and oxygen atoms in total. The molecule has 0 fully saturated rings. The number of aryl methyl sites for hydroxylation is 1. The van der Waals surface area contributed by atoms with E-state index in [0.29, 0.717) is 0 Å². The Morgan fingerprint density at radius 3 is 1.29 bits per heavy atom. The van der Waals surface area contributed by atoms with Gasteiger partial charge < -0.3 is 18.5 Å². The van der Waals surface area contributed by atoms with E-state index >= 15 is 0 Å². The van der Waals surface area contributed by atoms with Crippen molar-refractivity contribution in [2.45, 2.75) is 33.6 Å². The van der Waals surface area contributed by atoms with Crippen molar-refractivity contribution >= 4 is 0 Å². The van der Waals surface area contributed by atoms with E-state index < -0.39 is 0 Å². The molecule has 0 radical (unpaired) electrons. The maximum absolute atomic E-state index is 2.18. The summed E-state index contributed by atoms with van der Waals surface area (Å²) in [4.78, 5) is 0. The largest absolute Gasteiger partial charge is 0.344 e. The average molecular weight is 201 g/mol. The molecule has 3 heteroatoms. The van der Waals surface area contributed by atoms with Crippen molar-refractivity contribution in [1.82, 2.24) is 18.5 Å². The zero-order valence-electron chi connectivity index (χ0n) is 9.92. The fourth-order valence-corrected chi connectivity index (χ4v) is 0.534. The SMILES string of the molecule is CCCC.Cc1ccccc1.N.N.N. The van der Waals surface area contributed by atoms with Gasteiger partial charge in [0.1, 0.15) is 0 Å². The molecule has 9 N–H and O–H groups in total. The Bertz CT molecular complexity index is 161. The van der Waals surface area contributed by atoms with E-state index in [2.05, 4.69) is 32.9 Å². The van der Waals surface area contributed by atoms with E-state index in [9.17, 15) is 0 Å². The van der Waals surface area contributed by atoms with Gasteiger partial charge in [0, 0.05) is 0 Å². The minimum absolute atomic E-state index is 0. The second-order valence-corrected chi connectivity index (χ2v) is 2.65. The zero-order valence-corrected chi connectivity index (χ0v) is 9.92. The first-order valence-electron chi connectivity index (χ1n) is 4.32. The first-order chi connectivity index (χ1) is 5.31. The number of hydrogen-bond donors (Lipinski definition) is 3. The van der Waals surface area contributed by atoms with Gasteiger partial charge in [-0.05, 0) is 6.92 Å². The van der Waals surface area contributed by atoms with E-state index in [1.807, 2.05) is 18.2 Å². The van der Waals surface area contributed by atoms with Crippen LogP contribution in [0.3, 0.4) is 0 Å². The molecule has 0 heterocycles. The van der Waals surface area contributed by atoms with Gasteiger partial charge in [0.15, 0.2) is 0 Å². The van der Waals surface area contributed by atoms with Crippen molar-refractivity contribution in [3.63, 3.8) is 0 Å². The van der Waals surface area contributed by atoms with Crippen LogP contribution in [0.5, 0.6) is 0 Å². The molecule has 0 aliphatic rings. The van der Waals surface area contributed by atoms with Crippen LogP contribution in [-0.2, 0) is 0 Å². The number of hydrogen-bond acceptors (Lipinski definition) is 3. The molecule has 0 amide bonds. The Balaban J connectivity index is -0.0000000650. The standard InChI is InChI=1S/C7H8.C4H10.3H3N/c1-7-5-3-2-4-6-7;1-3-4-2;;;/h2-6H,1H3;3-4H2,1-2H3;3*1H3. The van der Waals surface area contributed by atoms with E-state index in [0.717, 1.165) is 0 Å². The highest BCUT2D eigenvalue weighted by atomic mass is 14.0. The van der Waals surface area contributed by atoms with Crippen LogP contribution in [0.25, 0.3) is 0 Å². The van der Waals surface area contributed by atoms with E-state index in [-0.39, 0.29) is 18.5 Å². The van der Waals surface area contributed by atoms with Crippen LogP contribution < -0.4 is 18.5 Å². The van der Waals surface area contributed by atoms with Crippen molar-refractivity contribution in [1.29, 1.82) is 0 Å². The molecule has 0 aliphatic carbocycles. The Labute approximate surface area is 88.7 Å². The maximum atomic E-state index is 2.18. The summed E-state index contributed by atoms with van der Waals surface area (Å²) in [6.45, 7) is 6.44. The molecule has 0 saturated heterocycles. The summed E-state index contributed by atoms with van der Waals surface area (Å²) in [5, 5.41) is 0. The van der Waals surface area contributed by atoms with Gasteiger partial charge in [0.05, 0.1) is 0 Å². The van der Waals surface area contributed by atoms with Crippen LogP contribution in [-0.4, -0.2) is 0 Å². The van der Waals surface area contributed by atoms with Gasteiger partial charge in [-0.15, -0.1) is 0 Å². The van der Waals surface area contributed by atoms with Crippen LogP contribution in [0.1, 0.15) is 32.3 Å². The zero-order chi connectivity index (χ0) is 8.53. The number of rotatable bonds is 1. The monoisotopic (exact) mass is 201 g/mol. The molecule has 0 aromatic heterocycles. The molecular formula is C11H27N3. The molecule has 0 saturated carbocycles. The molecule has 1 aromatic rings. The number of unbranched alkanes of at least 4 members (excludes halogenated alkanes) is 1. The van der Waals surface area contributed by atoms with Crippen LogP contribution >= 0.6 is 0 Å². The average Bonchev–Trinajstić information content (AvgIpc) is 2.07. The molecule has 0 unspecified atom stereocenters. The summed E-state index contributed by atoms with van der Waals surface area (Å²) in [5.41, 5.74) is 1.32. The Kier molecular flexibility index (Phi) is 29.8. The topological polar surface area (TPSA) is 105 Å². The van der Waals surface area contributed by atoms with E-state index in [4.69, 9.17) is 0 Å². The summed E-state index contributed by atoms with van der Waals surface area (Å²) in [7, 11) is 0. The fourth-order valence-electron chi connectivity index (χ4n) is 0.534. The molecule has 86 valence electrons. The van der Waals surface area contributed by atoms with Gasteiger partial charge in [-0.25, -0.2) is 0 Å². The fraction of sp³-hybridized carbons (Fsp3) is 0.455. The van der Waals surface area contributed by atoms with Crippen LogP contribution in [0.4, 0.5) is 0 Å². The van der Waals surface area contributed by atoms with Crippen molar-refractivity contribution in [3.8, 4) is 0 Å². The molecular weight excluding hydrogens is 174 g/mol. The number of benzene rings is 1. The first-order valence-corrected chi connectivity index (χ1v) is 4.32. The van der Waals surface area contributed by atoms with Gasteiger partial charge in [0.25, 0.3) is 0 Å². The van der Waals surface area contributed by atoms with Crippen LogP contribution in [0, 0.1) is 6.92 Å². The molecule has 0 bridgehead atoms. The normalized spacial score (nSPS) is 6.50. The molecule has 14 heavy (non-hydrogen) atoms. The third-order valence-corrected chi connectivity index (χ3v) is 1.44. The molecule has 0 atom stereocenters. The van der Waals surface area contributed by atoms with Gasteiger partial charge in [-0.1, -0.05) is 62.6 Å². The van der Waals surface area contributed by atoms with Crippen molar-refractivity contribution in [3.05, 3.63) is 35.9 Å². The van der Waals surface area contributed by atoms with Crippen molar-refractivity contribution in [2.75, 3.05) is 0 Å². The lowest BCUT2D eigenvalue weighted by atomic mass is 10.2. The molecule has 0 spiro atoms. The highest BCUT2D eigenvalue weighted by molar-refractivity contribution is 5.11. The summed E-state index contributed by atoms with van der Waals surface area (Å²) in [5.74, 6) is 0. The van der Waals surface area contributed by atoms with Gasteiger partial charge in [-0.3, -0.25) is 0 Å². The lowest BCUT2D eigenvalue weighted by molar-refractivity contribution is 0.886. The van der Waals surface area contributed by atoms with E-state index in [1.165, 1.54) is 18.4 Å². The lowest BCUT2D eigenvalue weighted by Crippen LogP contribution is -1.62. The van der Waals surface area contributed by atoms with Crippen molar-refractivity contribution < 1.29 is 0 Å². The van der Waals surface area contributed by atoms with Crippen LogP contribution in [0.2, 0.25) is 0 Å². The second kappa shape index (κ2) is 18.0. The molecule has 1 aromatic carbocycles. The minimum Gasteiger partial charge on any atom is -0.344 e. The summed E-state index contributed by atoms with van der Waals surface area (Å²) in [6, 6.07) is 10.3. The smallest absolute Gasteiger partial charge is 0.0398 e. The Hall–Kier alpha value is -0.900. The van der Waals surface area contributed by atoms with Gasteiger partial charge in [0.2, 0.25) is 0 Å². The van der Waals surface area contributed by atoms with E-state index in [1.54, 1.807) is 0 Å². The predicted octanol–water partition coefficient (Wildman–Crippen LogP) is 4.29. The summed E-state index contributed by atoms with van der Waals surface area (Å²) in [6.07, 6.45) is 2.64. The maximum Gasteiger partial charge on any atom is -0.0398 e. The Morgan fingerprint density at radius 1 is 0.786 bits per heavy atom. The predicted molar refractivity (Wildman–Crippen MR) is 66.8 cm³/mol. The molecule has 1 rings (SSSR count). The van der Waals surface area contributed by atoms with Crippen molar-refractivity contribution in [2.24, 2.45) is 0 Å². The second-order valence-electron chi connectivity index (χ2n) is 2.65. The third-order valence-electron chi connectivity index (χ3n) is 1.44. The minimum atomic E-state index is 0. The van der Waals surface area contributed by atoms with Gasteiger partial charge in [-0.2, -0.15) is 0 Å². The molecule has 0 aliphatic heterocycles. The third kappa shape index (κ3) is 17.3. The Morgan fingerprint density at radius 2 is 1.14 bits per heavy atom. The summed E-state index contributed by atoms with van der Waals surface area (Å²) < 4.78 is 0. The lowest BCUT2D eigenvalue weighted by Gasteiger charge is -1.82. The quantitative estimate of drug-likeness (QED) is 0.631. The van der Waals surface area contributed by atoms with Crippen LogP contribution in [0.15, 0.2) is 30.3 Å². The summed E-state index contributed by atoms with van der Waals surface area (Å²) >= 11 is 0. The highest BCUT2D eigenvalue weighted by Crippen LogP contribution is 1.92.